The van der Waals surface area contributed by atoms with Crippen molar-refractivity contribution in [3.8, 4) is 11.5 Å². The first kappa shape index (κ1) is 20.6. The summed E-state index contributed by atoms with van der Waals surface area (Å²) in [6.07, 6.45) is 1.52. The van der Waals surface area contributed by atoms with E-state index in [4.69, 9.17) is 18.9 Å². The molecule has 0 amide bonds. The topological polar surface area (TPSA) is 57.2 Å². The summed E-state index contributed by atoms with van der Waals surface area (Å²) in [4.78, 5) is 14.3. The molecular weight excluding hydrogens is 370 g/mol. The van der Waals surface area contributed by atoms with Crippen molar-refractivity contribution < 1.29 is 23.7 Å². The summed E-state index contributed by atoms with van der Waals surface area (Å²) < 4.78 is 22.3. The van der Waals surface area contributed by atoms with Gasteiger partial charge in [-0.15, -0.1) is 0 Å². The van der Waals surface area contributed by atoms with Crippen LogP contribution < -0.4 is 14.4 Å². The Balaban J connectivity index is 1.89. The maximum Gasteiger partial charge on any atom is 0.373 e. The number of likely N-dealkylation sites (N-methyl/N-ethyl adjacent to an activating group) is 1. The van der Waals surface area contributed by atoms with Gasteiger partial charge in [-0.3, -0.25) is 0 Å². The van der Waals surface area contributed by atoms with Crippen LogP contribution in [-0.4, -0.2) is 39.9 Å². The highest BCUT2D eigenvalue weighted by atomic mass is 16.6. The summed E-state index contributed by atoms with van der Waals surface area (Å²) in [5, 5.41) is 0. The molecule has 0 fully saturated rings. The second-order valence-corrected chi connectivity index (χ2v) is 6.62. The van der Waals surface area contributed by atoms with Crippen LogP contribution in [0.3, 0.4) is 0 Å². The first-order chi connectivity index (χ1) is 14.1. The van der Waals surface area contributed by atoms with E-state index < -0.39 is 5.97 Å². The molecule has 3 rings (SSSR count). The number of benzene rings is 2. The molecule has 1 aliphatic heterocycles. The Bertz CT molecular complexity index is 893. The van der Waals surface area contributed by atoms with Gasteiger partial charge in [0.15, 0.2) is 0 Å². The Morgan fingerprint density at radius 3 is 2.66 bits per heavy atom. The Labute approximate surface area is 171 Å². The predicted octanol–water partition coefficient (Wildman–Crippen LogP) is 4.21. The van der Waals surface area contributed by atoms with Crippen LogP contribution in [0, 0.1) is 0 Å². The van der Waals surface area contributed by atoms with Gasteiger partial charge < -0.3 is 23.8 Å². The molecule has 0 spiro atoms. The fraction of sp³-hybridized carbons (Fsp3) is 0.348. The van der Waals surface area contributed by atoms with Crippen molar-refractivity contribution in [1.82, 2.24) is 0 Å². The molecule has 2 aromatic rings. The number of methoxy groups -OCH3 is 1. The molecule has 0 aliphatic carbocycles. The van der Waals surface area contributed by atoms with E-state index in [1.807, 2.05) is 49.4 Å². The highest BCUT2D eigenvalue weighted by Gasteiger charge is 2.25. The van der Waals surface area contributed by atoms with Gasteiger partial charge >= 0.3 is 5.97 Å². The predicted molar refractivity (Wildman–Crippen MR) is 112 cm³/mol. The van der Waals surface area contributed by atoms with Crippen LogP contribution in [0.1, 0.15) is 31.1 Å². The molecule has 0 aromatic heterocycles. The molecule has 6 nitrogen and oxygen atoms in total. The van der Waals surface area contributed by atoms with E-state index in [0.717, 1.165) is 29.1 Å². The third-order valence-corrected chi connectivity index (χ3v) is 4.68. The summed E-state index contributed by atoms with van der Waals surface area (Å²) in [5.74, 6) is 1.15. The van der Waals surface area contributed by atoms with Crippen molar-refractivity contribution in [2.24, 2.45) is 0 Å². The van der Waals surface area contributed by atoms with Crippen LogP contribution in [0.5, 0.6) is 11.5 Å². The van der Waals surface area contributed by atoms with Gasteiger partial charge in [0.25, 0.3) is 0 Å². The molecular formula is C23H27NO5. The standard InChI is InChI=1S/C23H27NO5/c1-5-27-21(23(25)28-6-2)14-16-11-12-17(13-20(16)26-4)22-15-24(3)18-9-7-8-10-19(18)29-22/h7-14,22H,5-6,15H2,1-4H3. The largest absolute Gasteiger partial charge is 0.496 e. The average molecular weight is 397 g/mol. The van der Waals surface area contributed by atoms with Crippen molar-refractivity contribution in [2.75, 3.05) is 38.8 Å². The maximum atomic E-state index is 12.1. The second kappa shape index (κ2) is 9.37. The normalized spacial score (nSPS) is 15.9. The lowest BCUT2D eigenvalue weighted by atomic mass is 10.0. The Morgan fingerprint density at radius 1 is 1.17 bits per heavy atom. The third kappa shape index (κ3) is 4.65. The molecule has 1 heterocycles. The van der Waals surface area contributed by atoms with Crippen molar-refractivity contribution in [3.63, 3.8) is 0 Å². The number of carbonyl (C=O) groups excluding carboxylic acids is 1. The number of hydrogen-bond donors (Lipinski definition) is 0. The molecule has 154 valence electrons. The molecule has 1 unspecified atom stereocenters. The Hall–Kier alpha value is -3.15. The van der Waals surface area contributed by atoms with Gasteiger partial charge in [0.1, 0.15) is 17.6 Å². The van der Waals surface area contributed by atoms with E-state index in [1.165, 1.54) is 0 Å². The lowest BCUT2D eigenvalue weighted by Crippen LogP contribution is -2.32. The smallest absolute Gasteiger partial charge is 0.373 e. The van der Waals surface area contributed by atoms with Gasteiger partial charge in [-0.25, -0.2) is 4.79 Å². The van der Waals surface area contributed by atoms with E-state index >= 15 is 0 Å². The van der Waals surface area contributed by atoms with Gasteiger partial charge in [-0.1, -0.05) is 24.3 Å². The van der Waals surface area contributed by atoms with Crippen molar-refractivity contribution in [1.29, 1.82) is 0 Å². The first-order valence-corrected chi connectivity index (χ1v) is 9.73. The molecule has 0 radical (unpaired) electrons. The van der Waals surface area contributed by atoms with Crippen LogP contribution in [0.4, 0.5) is 5.69 Å². The first-order valence-electron chi connectivity index (χ1n) is 9.73. The van der Waals surface area contributed by atoms with Gasteiger partial charge in [0.2, 0.25) is 5.76 Å². The number of hydrogen-bond acceptors (Lipinski definition) is 6. The molecule has 0 N–H and O–H groups in total. The number of fused-ring (bicyclic) bond motifs is 1. The van der Waals surface area contributed by atoms with Crippen molar-refractivity contribution in [3.05, 3.63) is 59.4 Å². The zero-order valence-corrected chi connectivity index (χ0v) is 17.3. The minimum Gasteiger partial charge on any atom is -0.496 e. The number of ether oxygens (including phenoxy) is 4. The van der Waals surface area contributed by atoms with Gasteiger partial charge in [0.05, 0.1) is 32.6 Å². The molecule has 0 saturated heterocycles. The fourth-order valence-corrected chi connectivity index (χ4v) is 3.29. The summed E-state index contributed by atoms with van der Waals surface area (Å²) in [6, 6.07) is 13.8. The number of carbonyl (C=O) groups is 1. The van der Waals surface area contributed by atoms with Crippen LogP contribution in [0.15, 0.2) is 48.2 Å². The summed E-state index contributed by atoms with van der Waals surface area (Å²) >= 11 is 0. The van der Waals surface area contributed by atoms with Crippen LogP contribution in [0.2, 0.25) is 0 Å². The highest BCUT2D eigenvalue weighted by Crippen LogP contribution is 2.38. The molecule has 1 atom stereocenters. The number of para-hydroxylation sites is 2. The number of esters is 1. The zero-order chi connectivity index (χ0) is 20.8. The van der Waals surface area contributed by atoms with Gasteiger partial charge in [-0.2, -0.15) is 0 Å². The maximum absolute atomic E-state index is 12.1. The van der Waals surface area contributed by atoms with Crippen molar-refractivity contribution in [2.45, 2.75) is 20.0 Å². The zero-order valence-electron chi connectivity index (χ0n) is 17.3. The lowest BCUT2D eigenvalue weighted by Gasteiger charge is -2.34. The Morgan fingerprint density at radius 2 is 1.93 bits per heavy atom. The molecule has 0 saturated carbocycles. The minimum atomic E-state index is -0.491. The lowest BCUT2D eigenvalue weighted by molar-refractivity contribution is -0.142. The SMILES string of the molecule is CCOC(=O)C(=Cc1ccc(C2CN(C)c3ccccc3O2)cc1OC)OCC. The van der Waals surface area contributed by atoms with E-state index in [9.17, 15) is 4.79 Å². The quantitative estimate of drug-likeness (QED) is 0.396. The van der Waals surface area contributed by atoms with Crippen LogP contribution in [0.25, 0.3) is 6.08 Å². The molecule has 6 heteroatoms. The van der Waals surface area contributed by atoms with Gasteiger partial charge in [0, 0.05) is 12.6 Å². The van der Waals surface area contributed by atoms with E-state index in [2.05, 4.69) is 11.9 Å². The third-order valence-electron chi connectivity index (χ3n) is 4.68. The number of rotatable bonds is 7. The second-order valence-electron chi connectivity index (χ2n) is 6.62. The van der Waals surface area contributed by atoms with Crippen molar-refractivity contribution >= 4 is 17.7 Å². The fourth-order valence-electron chi connectivity index (χ4n) is 3.29. The molecule has 1 aliphatic rings. The average Bonchev–Trinajstić information content (AvgIpc) is 2.73. The molecule has 0 bridgehead atoms. The molecule has 29 heavy (non-hydrogen) atoms. The van der Waals surface area contributed by atoms with E-state index in [0.29, 0.717) is 12.4 Å². The van der Waals surface area contributed by atoms with E-state index in [-0.39, 0.29) is 18.5 Å². The minimum absolute atomic E-state index is 0.127. The van der Waals surface area contributed by atoms with Crippen LogP contribution >= 0.6 is 0 Å². The summed E-state index contributed by atoms with van der Waals surface area (Å²) in [5.41, 5.74) is 2.80. The summed E-state index contributed by atoms with van der Waals surface area (Å²) in [6.45, 7) is 4.96. The summed E-state index contributed by atoms with van der Waals surface area (Å²) in [7, 11) is 3.65. The van der Waals surface area contributed by atoms with Crippen LogP contribution in [-0.2, 0) is 14.3 Å². The number of anilines is 1. The molecule has 2 aromatic carbocycles. The highest BCUT2D eigenvalue weighted by molar-refractivity contribution is 5.92. The number of nitrogens with zero attached hydrogens (tertiary/aromatic N) is 1. The monoisotopic (exact) mass is 397 g/mol. The Kier molecular flexibility index (Phi) is 6.65. The van der Waals surface area contributed by atoms with Gasteiger partial charge in [-0.05, 0) is 43.7 Å². The van der Waals surface area contributed by atoms with E-state index in [1.54, 1.807) is 20.1 Å².